The van der Waals surface area contributed by atoms with Crippen LogP contribution in [0.1, 0.15) is 37.9 Å². The van der Waals surface area contributed by atoms with E-state index in [4.69, 9.17) is 28.2 Å². The van der Waals surface area contributed by atoms with Crippen LogP contribution in [-0.2, 0) is 4.79 Å². The molecule has 2 heterocycles. The summed E-state index contributed by atoms with van der Waals surface area (Å²) in [6.45, 7) is 0. The summed E-state index contributed by atoms with van der Waals surface area (Å²) in [6, 6.07) is 11.5. The summed E-state index contributed by atoms with van der Waals surface area (Å²) in [7, 11) is 0. The number of thioether (sulfide) groups is 1. The molecule has 0 atom stereocenters. The number of rotatable bonds is 3. The van der Waals surface area contributed by atoms with E-state index >= 15 is 0 Å². The van der Waals surface area contributed by atoms with E-state index in [9.17, 15) is 4.79 Å². The zero-order chi connectivity index (χ0) is 18.1. The SMILES string of the molecule is O=C1/C(=C\c2ccc(-c3ccc(Cl)cc3)o2)SC(=S)N1C1CCCCC1. The number of furan rings is 1. The summed E-state index contributed by atoms with van der Waals surface area (Å²) in [4.78, 5) is 15.3. The largest absolute Gasteiger partial charge is 0.457 e. The van der Waals surface area contributed by atoms with Crippen molar-refractivity contribution in [3.63, 3.8) is 0 Å². The third-order valence-corrected chi connectivity index (χ3v) is 6.37. The lowest BCUT2D eigenvalue weighted by molar-refractivity contribution is -0.124. The first-order chi connectivity index (χ1) is 12.6. The van der Waals surface area contributed by atoms with Crippen molar-refractivity contribution in [3.8, 4) is 11.3 Å². The molecular formula is C20H18ClNO2S2. The molecule has 1 aromatic carbocycles. The molecule has 1 amide bonds. The lowest BCUT2D eigenvalue weighted by Crippen LogP contribution is -2.39. The molecule has 1 aliphatic carbocycles. The van der Waals surface area contributed by atoms with Crippen LogP contribution < -0.4 is 0 Å². The fourth-order valence-electron chi connectivity index (χ4n) is 3.46. The Morgan fingerprint density at radius 1 is 1.12 bits per heavy atom. The Bertz CT molecular complexity index is 866. The van der Waals surface area contributed by atoms with E-state index in [1.54, 1.807) is 6.08 Å². The van der Waals surface area contributed by atoms with Crippen LogP contribution in [0.2, 0.25) is 5.02 Å². The van der Waals surface area contributed by atoms with Gasteiger partial charge in [-0.15, -0.1) is 0 Å². The Balaban J connectivity index is 1.54. The van der Waals surface area contributed by atoms with Gasteiger partial charge in [0.15, 0.2) is 0 Å². The van der Waals surface area contributed by atoms with Gasteiger partial charge in [0, 0.05) is 22.7 Å². The van der Waals surface area contributed by atoms with Gasteiger partial charge in [-0.2, -0.15) is 0 Å². The normalized spacial score (nSPS) is 20.3. The van der Waals surface area contributed by atoms with Gasteiger partial charge in [0.05, 0.1) is 4.91 Å². The highest BCUT2D eigenvalue weighted by Crippen LogP contribution is 2.37. The second-order valence-electron chi connectivity index (χ2n) is 6.55. The van der Waals surface area contributed by atoms with Gasteiger partial charge in [-0.3, -0.25) is 9.69 Å². The topological polar surface area (TPSA) is 33.5 Å². The number of carbonyl (C=O) groups excluding carboxylic acids is 1. The van der Waals surface area contributed by atoms with Gasteiger partial charge in [-0.1, -0.05) is 54.8 Å². The highest BCUT2D eigenvalue weighted by molar-refractivity contribution is 8.26. The smallest absolute Gasteiger partial charge is 0.266 e. The van der Waals surface area contributed by atoms with Crippen molar-refractivity contribution in [2.24, 2.45) is 0 Å². The average molecular weight is 404 g/mol. The van der Waals surface area contributed by atoms with E-state index in [2.05, 4.69) is 0 Å². The standard InChI is InChI=1S/C20H18ClNO2S2/c21-14-8-6-13(7-9-14)17-11-10-16(24-17)12-18-19(23)22(20(25)26-18)15-4-2-1-3-5-15/h6-12,15H,1-5H2/b18-12+. The molecule has 2 aliphatic rings. The minimum absolute atomic E-state index is 0.0105. The Labute approximate surface area is 167 Å². The third-order valence-electron chi connectivity index (χ3n) is 4.79. The zero-order valence-corrected chi connectivity index (χ0v) is 16.5. The van der Waals surface area contributed by atoms with E-state index in [0.29, 0.717) is 20.0 Å². The first-order valence-electron chi connectivity index (χ1n) is 8.75. The molecule has 1 aromatic heterocycles. The van der Waals surface area contributed by atoms with Crippen LogP contribution in [0.25, 0.3) is 17.4 Å². The second-order valence-corrected chi connectivity index (χ2v) is 8.66. The Morgan fingerprint density at radius 3 is 2.58 bits per heavy atom. The minimum atomic E-state index is 0.0105. The van der Waals surface area contributed by atoms with Gasteiger partial charge >= 0.3 is 0 Å². The van der Waals surface area contributed by atoms with Crippen molar-refractivity contribution < 1.29 is 9.21 Å². The quantitative estimate of drug-likeness (QED) is 0.455. The maximum atomic E-state index is 12.8. The van der Waals surface area contributed by atoms with E-state index in [0.717, 1.165) is 24.2 Å². The monoisotopic (exact) mass is 403 g/mol. The molecule has 0 bridgehead atoms. The van der Waals surface area contributed by atoms with Crippen LogP contribution in [-0.4, -0.2) is 21.2 Å². The van der Waals surface area contributed by atoms with Gasteiger partial charge in [0.25, 0.3) is 5.91 Å². The van der Waals surface area contributed by atoms with Crippen molar-refractivity contribution >= 4 is 51.9 Å². The van der Waals surface area contributed by atoms with Crippen molar-refractivity contribution in [1.29, 1.82) is 0 Å². The molecule has 6 heteroatoms. The Hall–Kier alpha value is -1.56. The number of amides is 1. The van der Waals surface area contributed by atoms with Crippen molar-refractivity contribution in [1.82, 2.24) is 4.90 Å². The van der Waals surface area contributed by atoms with E-state index in [1.807, 2.05) is 41.3 Å². The van der Waals surface area contributed by atoms with Crippen LogP contribution in [0.5, 0.6) is 0 Å². The summed E-state index contributed by atoms with van der Waals surface area (Å²) >= 11 is 12.8. The number of nitrogens with zero attached hydrogens (tertiary/aromatic N) is 1. The first kappa shape index (κ1) is 17.8. The highest BCUT2D eigenvalue weighted by Gasteiger charge is 2.37. The number of halogens is 1. The lowest BCUT2D eigenvalue weighted by atomic mass is 9.94. The molecule has 0 unspecified atom stereocenters. The average Bonchev–Trinajstić information content (AvgIpc) is 3.21. The number of thiocarbonyl (C=S) groups is 1. The number of hydrogen-bond acceptors (Lipinski definition) is 4. The fourth-order valence-corrected chi connectivity index (χ4v) is 4.97. The van der Waals surface area contributed by atoms with Gasteiger partial charge < -0.3 is 4.42 Å². The van der Waals surface area contributed by atoms with Crippen LogP contribution in [0.15, 0.2) is 45.7 Å². The van der Waals surface area contributed by atoms with Crippen LogP contribution in [0.3, 0.4) is 0 Å². The number of benzene rings is 1. The molecule has 2 fully saturated rings. The highest BCUT2D eigenvalue weighted by atomic mass is 35.5. The van der Waals surface area contributed by atoms with Crippen LogP contribution >= 0.6 is 35.6 Å². The lowest BCUT2D eigenvalue weighted by Gasteiger charge is -2.29. The summed E-state index contributed by atoms with van der Waals surface area (Å²) in [5.41, 5.74) is 0.948. The third kappa shape index (κ3) is 3.61. The predicted octanol–water partition coefficient (Wildman–Crippen LogP) is 6.13. The molecule has 0 N–H and O–H groups in total. The van der Waals surface area contributed by atoms with E-state index in [1.165, 1.54) is 31.0 Å². The summed E-state index contributed by atoms with van der Waals surface area (Å²) in [5.74, 6) is 1.41. The maximum absolute atomic E-state index is 12.8. The first-order valence-corrected chi connectivity index (χ1v) is 10.3. The molecule has 1 saturated carbocycles. The van der Waals surface area contributed by atoms with Crippen LogP contribution in [0, 0.1) is 0 Å². The molecule has 1 aliphatic heterocycles. The predicted molar refractivity (Wildman–Crippen MR) is 111 cm³/mol. The molecule has 2 aromatic rings. The molecule has 0 radical (unpaired) electrons. The number of carbonyl (C=O) groups is 1. The molecule has 134 valence electrons. The van der Waals surface area contributed by atoms with Gasteiger partial charge in [-0.05, 0) is 49.2 Å². The number of hydrogen-bond donors (Lipinski definition) is 0. The van der Waals surface area contributed by atoms with E-state index < -0.39 is 0 Å². The van der Waals surface area contributed by atoms with Crippen molar-refractivity contribution in [3.05, 3.63) is 52.1 Å². The Kier molecular flexibility index (Phi) is 5.20. The van der Waals surface area contributed by atoms with Gasteiger partial charge in [0.2, 0.25) is 0 Å². The van der Waals surface area contributed by atoms with Gasteiger partial charge in [0.1, 0.15) is 15.8 Å². The van der Waals surface area contributed by atoms with Gasteiger partial charge in [-0.25, -0.2) is 0 Å². The molecular weight excluding hydrogens is 386 g/mol. The molecule has 26 heavy (non-hydrogen) atoms. The molecule has 3 nitrogen and oxygen atoms in total. The summed E-state index contributed by atoms with van der Waals surface area (Å²) < 4.78 is 6.55. The zero-order valence-electron chi connectivity index (χ0n) is 14.1. The van der Waals surface area contributed by atoms with Crippen molar-refractivity contribution in [2.45, 2.75) is 38.1 Å². The van der Waals surface area contributed by atoms with E-state index in [-0.39, 0.29) is 11.9 Å². The maximum Gasteiger partial charge on any atom is 0.266 e. The van der Waals surface area contributed by atoms with Crippen molar-refractivity contribution in [2.75, 3.05) is 0 Å². The molecule has 4 rings (SSSR count). The Morgan fingerprint density at radius 2 is 1.85 bits per heavy atom. The van der Waals surface area contributed by atoms with Crippen LogP contribution in [0.4, 0.5) is 0 Å². The molecule has 0 spiro atoms. The fraction of sp³-hybridized carbons (Fsp3) is 0.300. The summed E-state index contributed by atoms with van der Waals surface area (Å²) in [5, 5.41) is 0.687. The second kappa shape index (κ2) is 7.59. The molecule has 1 saturated heterocycles. The summed E-state index contributed by atoms with van der Waals surface area (Å²) in [6.07, 6.45) is 7.47. The minimum Gasteiger partial charge on any atom is -0.457 e.